The topological polar surface area (TPSA) is 47.3 Å². The maximum atomic E-state index is 12.7. The fraction of sp³-hybridized carbons (Fsp3) is 0.462. The summed E-state index contributed by atoms with van der Waals surface area (Å²) in [6, 6.07) is 7.09. The Morgan fingerprint density at radius 2 is 1.90 bits per heavy atom. The van der Waals surface area contributed by atoms with Gasteiger partial charge in [-0.2, -0.15) is 18.4 Å². The molecule has 0 amide bonds. The van der Waals surface area contributed by atoms with Crippen LogP contribution < -0.4 is 4.90 Å². The van der Waals surface area contributed by atoms with Crippen LogP contribution in [0.5, 0.6) is 0 Å². The van der Waals surface area contributed by atoms with Crippen molar-refractivity contribution in [1.29, 1.82) is 5.26 Å². The molecule has 7 heteroatoms. The van der Waals surface area contributed by atoms with Crippen molar-refractivity contribution in [3.8, 4) is 6.07 Å². The van der Waals surface area contributed by atoms with Crippen molar-refractivity contribution in [3.63, 3.8) is 0 Å². The largest absolute Gasteiger partial charge is 0.417 e. The van der Waals surface area contributed by atoms with Gasteiger partial charge >= 0.3 is 6.18 Å². The van der Waals surface area contributed by atoms with Crippen molar-refractivity contribution in [1.82, 2.24) is 0 Å². The molecule has 1 aliphatic rings. The molecule has 0 spiro atoms. The zero-order valence-electron chi connectivity index (χ0n) is 10.4. The highest BCUT2D eigenvalue weighted by molar-refractivity contribution is 9.10. The number of piperidine rings is 1. The van der Waals surface area contributed by atoms with Crippen LogP contribution in [0.15, 0.2) is 22.7 Å². The summed E-state index contributed by atoms with van der Waals surface area (Å²) in [5.74, 6) is 0. The number of nitrogens with zero attached hydrogens (tertiary/aromatic N) is 2. The van der Waals surface area contributed by atoms with E-state index in [1.165, 1.54) is 0 Å². The summed E-state index contributed by atoms with van der Waals surface area (Å²) in [6.07, 6.45) is -5.40. The number of rotatable bonds is 1. The van der Waals surface area contributed by atoms with E-state index in [0.717, 1.165) is 4.47 Å². The highest BCUT2D eigenvalue weighted by Crippen LogP contribution is 2.39. The van der Waals surface area contributed by atoms with Crippen LogP contribution >= 0.6 is 15.9 Å². The first-order valence-corrected chi connectivity index (χ1v) is 6.80. The van der Waals surface area contributed by atoms with Crippen LogP contribution in [0.25, 0.3) is 0 Å². The van der Waals surface area contributed by atoms with Crippen molar-refractivity contribution >= 4 is 21.6 Å². The molecular weight excluding hydrogens is 337 g/mol. The molecule has 0 radical (unpaired) electrons. The van der Waals surface area contributed by atoms with Gasteiger partial charge in [-0.15, -0.1) is 0 Å². The number of benzene rings is 1. The SMILES string of the molecule is N#Cc1cc(Br)ccc1N1CCC(O)(C(F)(F)F)CC1. The average Bonchev–Trinajstić information content (AvgIpc) is 2.38. The summed E-state index contributed by atoms with van der Waals surface area (Å²) in [7, 11) is 0. The monoisotopic (exact) mass is 348 g/mol. The van der Waals surface area contributed by atoms with E-state index in [4.69, 9.17) is 5.26 Å². The number of alkyl halides is 3. The second-order valence-corrected chi connectivity index (χ2v) is 5.71. The molecule has 1 heterocycles. The van der Waals surface area contributed by atoms with Gasteiger partial charge in [-0.1, -0.05) is 15.9 Å². The smallest absolute Gasteiger partial charge is 0.380 e. The number of hydrogen-bond acceptors (Lipinski definition) is 3. The Balaban J connectivity index is 2.18. The van der Waals surface area contributed by atoms with Crippen LogP contribution in [-0.2, 0) is 0 Å². The fourth-order valence-corrected chi connectivity index (χ4v) is 2.64. The lowest BCUT2D eigenvalue weighted by atomic mass is 9.90. The lowest BCUT2D eigenvalue weighted by Gasteiger charge is -2.40. The Hall–Kier alpha value is -1.26. The van der Waals surface area contributed by atoms with Crippen LogP contribution in [0.3, 0.4) is 0 Å². The first-order chi connectivity index (χ1) is 9.27. The minimum Gasteiger partial charge on any atom is -0.380 e. The van der Waals surface area contributed by atoms with Crippen molar-refractivity contribution in [3.05, 3.63) is 28.2 Å². The predicted molar refractivity (Wildman–Crippen MR) is 71.3 cm³/mol. The van der Waals surface area contributed by atoms with Crippen LogP contribution in [0.4, 0.5) is 18.9 Å². The fourth-order valence-electron chi connectivity index (χ4n) is 2.27. The molecule has 3 nitrogen and oxygen atoms in total. The zero-order chi connectivity index (χ0) is 15.0. The molecule has 1 aliphatic heterocycles. The Morgan fingerprint density at radius 3 is 2.40 bits per heavy atom. The minimum atomic E-state index is -4.61. The third-order valence-corrected chi connectivity index (χ3v) is 4.03. The molecular formula is C13H12BrF3N2O. The lowest BCUT2D eigenvalue weighted by Crippen LogP contribution is -2.53. The van der Waals surface area contributed by atoms with E-state index in [9.17, 15) is 18.3 Å². The molecule has 0 aromatic heterocycles. The number of anilines is 1. The average molecular weight is 349 g/mol. The summed E-state index contributed by atoms with van der Waals surface area (Å²) in [5, 5.41) is 18.7. The van der Waals surface area contributed by atoms with E-state index in [1.54, 1.807) is 23.1 Å². The van der Waals surface area contributed by atoms with Gasteiger partial charge in [0.05, 0.1) is 11.3 Å². The van der Waals surface area contributed by atoms with Crippen molar-refractivity contribution in [2.45, 2.75) is 24.6 Å². The van der Waals surface area contributed by atoms with Gasteiger partial charge in [-0.3, -0.25) is 0 Å². The molecule has 1 aromatic rings. The van der Waals surface area contributed by atoms with Crippen LogP contribution in [-0.4, -0.2) is 30.0 Å². The first-order valence-electron chi connectivity index (χ1n) is 6.00. The zero-order valence-corrected chi connectivity index (χ0v) is 12.0. The van der Waals surface area contributed by atoms with Gasteiger partial charge in [0.15, 0.2) is 5.60 Å². The summed E-state index contributed by atoms with van der Waals surface area (Å²) in [6.45, 7) is 0.124. The Morgan fingerprint density at radius 1 is 1.30 bits per heavy atom. The minimum absolute atomic E-state index is 0.0618. The highest BCUT2D eigenvalue weighted by atomic mass is 79.9. The summed E-state index contributed by atoms with van der Waals surface area (Å²) in [5.41, 5.74) is -1.62. The lowest BCUT2D eigenvalue weighted by molar-refractivity contribution is -0.266. The molecule has 1 saturated heterocycles. The Kier molecular flexibility index (Phi) is 3.98. The van der Waals surface area contributed by atoms with Gasteiger partial charge in [0.1, 0.15) is 6.07 Å². The predicted octanol–water partition coefficient (Wildman–Crippen LogP) is 3.21. The van der Waals surface area contributed by atoms with Crippen molar-refractivity contribution in [2.24, 2.45) is 0 Å². The standard InChI is InChI=1S/C13H12BrF3N2O/c14-10-1-2-11(9(7-10)8-18)19-5-3-12(20,4-6-19)13(15,16)17/h1-2,7,20H,3-6H2. The molecule has 0 saturated carbocycles. The van der Waals surface area contributed by atoms with Crippen LogP contribution in [0, 0.1) is 11.3 Å². The second kappa shape index (κ2) is 5.26. The molecule has 0 atom stereocenters. The number of nitriles is 1. The van der Waals surface area contributed by atoms with Gasteiger partial charge in [0.25, 0.3) is 0 Å². The molecule has 108 valence electrons. The van der Waals surface area contributed by atoms with Crippen LogP contribution in [0.1, 0.15) is 18.4 Å². The molecule has 20 heavy (non-hydrogen) atoms. The van der Waals surface area contributed by atoms with E-state index in [0.29, 0.717) is 11.3 Å². The van der Waals surface area contributed by atoms with E-state index in [-0.39, 0.29) is 13.1 Å². The highest BCUT2D eigenvalue weighted by Gasteiger charge is 2.54. The third-order valence-electron chi connectivity index (χ3n) is 3.54. The van der Waals surface area contributed by atoms with Gasteiger partial charge in [0.2, 0.25) is 0 Å². The Bertz CT molecular complexity index is 546. The molecule has 0 unspecified atom stereocenters. The van der Waals surface area contributed by atoms with E-state index < -0.39 is 24.6 Å². The molecule has 2 rings (SSSR count). The first kappa shape index (κ1) is 15.1. The molecule has 1 aromatic carbocycles. The number of hydrogen-bond donors (Lipinski definition) is 1. The maximum Gasteiger partial charge on any atom is 0.417 e. The maximum absolute atomic E-state index is 12.7. The number of halogens is 4. The van der Waals surface area contributed by atoms with Gasteiger partial charge in [0, 0.05) is 30.4 Å². The van der Waals surface area contributed by atoms with Gasteiger partial charge in [-0.25, -0.2) is 0 Å². The van der Waals surface area contributed by atoms with Gasteiger partial charge < -0.3 is 10.0 Å². The number of aliphatic hydroxyl groups is 1. The van der Waals surface area contributed by atoms with Crippen molar-refractivity contribution < 1.29 is 18.3 Å². The second-order valence-electron chi connectivity index (χ2n) is 4.79. The molecule has 1 fully saturated rings. The Labute approximate surface area is 122 Å². The van der Waals surface area contributed by atoms with E-state index in [2.05, 4.69) is 15.9 Å². The summed E-state index contributed by atoms with van der Waals surface area (Å²) >= 11 is 3.25. The van der Waals surface area contributed by atoms with Crippen molar-refractivity contribution in [2.75, 3.05) is 18.0 Å². The van der Waals surface area contributed by atoms with E-state index in [1.807, 2.05) is 6.07 Å². The van der Waals surface area contributed by atoms with Crippen LogP contribution in [0.2, 0.25) is 0 Å². The molecule has 1 N–H and O–H groups in total. The quantitative estimate of drug-likeness (QED) is 0.847. The summed E-state index contributed by atoms with van der Waals surface area (Å²) in [4.78, 5) is 1.70. The van der Waals surface area contributed by atoms with E-state index >= 15 is 0 Å². The molecule has 0 aliphatic carbocycles. The summed E-state index contributed by atoms with van der Waals surface area (Å²) < 4.78 is 38.9. The van der Waals surface area contributed by atoms with Gasteiger partial charge in [-0.05, 0) is 18.2 Å². The third kappa shape index (κ3) is 2.76. The normalized spacial score (nSPS) is 18.7. The molecule has 0 bridgehead atoms.